The lowest BCUT2D eigenvalue weighted by molar-refractivity contribution is 0.0408. The lowest BCUT2D eigenvalue weighted by Crippen LogP contribution is -2.40. The summed E-state index contributed by atoms with van der Waals surface area (Å²) in [6, 6.07) is 0. The molecule has 1 aliphatic heterocycles. The zero-order valence-electron chi connectivity index (χ0n) is 8.12. The van der Waals surface area contributed by atoms with Crippen LogP contribution in [0.3, 0.4) is 0 Å². The molecule has 78 valence electrons. The Kier molecular flexibility index (Phi) is 5.73. The maximum absolute atomic E-state index is 11.2. The van der Waals surface area contributed by atoms with Crippen LogP contribution in [-0.4, -0.2) is 54.6 Å². The minimum atomic E-state index is -0.854. The Morgan fingerprint density at radius 2 is 2.15 bits per heavy atom. The van der Waals surface area contributed by atoms with Gasteiger partial charge < -0.3 is 9.29 Å². The molecule has 1 rings (SSSR count). The number of hydrogen-bond donors (Lipinski definition) is 1. The molecule has 0 aromatic heterocycles. The average Bonchev–Trinajstić information content (AvgIpc) is 2.17. The van der Waals surface area contributed by atoms with E-state index in [4.69, 9.17) is 4.74 Å². The molecule has 0 spiro atoms. The van der Waals surface area contributed by atoms with Crippen LogP contribution in [0, 0.1) is 0 Å². The van der Waals surface area contributed by atoms with Crippen LogP contribution in [0.2, 0.25) is 0 Å². The summed E-state index contributed by atoms with van der Waals surface area (Å²) in [5, 5.41) is 0. The second-order valence-electron chi connectivity index (χ2n) is 3.00. The van der Waals surface area contributed by atoms with Crippen LogP contribution >= 0.6 is 0 Å². The molecule has 1 saturated heterocycles. The van der Waals surface area contributed by atoms with Crippen LogP contribution in [0.5, 0.6) is 0 Å². The van der Waals surface area contributed by atoms with E-state index in [1.54, 1.807) is 0 Å². The Hall–Kier alpha value is 0.190. The van der Waals surface area contributed by atoms with Crippen molar-refractivity contribution in [3.05, 3.63) is 0 Å². The van der Waals surface area contributed by atoms with E-state index in [0.29, 0.717) is 5.75 Å². The first-order valence-corrected chi connectivity index (χ1v) is 6.07. The van der Waals surface area contributed by atoms with E-state index in [-0.39, 0.29) is 0 Å². The van der Waals surface area contributed by atoms with Gasteiger partial charge in [-0.1, -0.05) is 0 Å². The van der Waals surface area contributed by atoms with Gasteiger partial charge in [-0.3, -0.25) is 4.90 Å². The highest BCUT2D eigenvalue weighted by Crippen LogP contribution is 1.97. The van der Waals surface area contributed by atoms with Crippen molar-refractivity contribution >= 4 is 11.4 Å². The van der Waals surface area contributed by atoms with Gasteiger partial charge in [-0.2, -0.15) is 0 Å². The van der Waals surface area contributed by atoms with Crippen LogP contribution < -0.4 is 4.72 Å². The molecule has 1 heterocycles. The van der Waals surface area contributed by atoms with Crippen molar-refractivity contribution < 1.29 is 9.29 Å². The number of nitrogens with zero attached hydrogens (tertiary/aromatic N) is 1. The number of ether oxygens (including phenoxy) is 1. The molecular formula is C8H18N2O2S. The summed E-state index contributed by atoms with van der Waals surface area (Å²) in [5.41, 5.74) is 0. The van der Waals surface area contributed by atoms with E-state index in [1.807, 2.05) is 6.92 Å². The molecule has 1 unspecified atom stereocenters. The Bertz CT molecular complexity index is 131. The number of morpholine rings is 1. The van der Waals surface area contributed by atoms with Gasteiger partial charge in [-0.25, -0.2) is 0 Å². The molecule has 0 aromatic rings. The molecule has 1 fully saturated rings. The van der Waals surface area contributed by atoms with Gasteiger partial charge in [-0.15, -0.1) is 4.72 Å². The molecule has 0 radical (unpaired) electrons. The molecule has 1 atom stereocenters. The third-order valence-corrected chi connectivity index (χ3v) is 3.17. The summed E-state index contributed by atoms with van der Waals surface area (Å²) >= 11 is -0.854. The van der Waals surface area contributed by atoms with E-state index in [1.165, 1.54) is 0 Å². The van der Waals surface area contributed by atoms with E-state index >= 15 is 0 Å². The Morgan fingerprint density at radius 3 is 2.77 bits per heavy atom. The number of rotatable bonds is 5. The fourth-order valence-electron chi connectivity index (χ4n) is 1.27. The van der Waals surface area contributed by atoms with Gasteiger partial charge in [0.25, 0.3) is 0 Å². The summed E-state index contributed by atoms with van der Waals surface area (Å²) in [6.07, 6.45) is 0. The van der Waals surface area contributed by atoms with Gasteiger partial charge in [-0.05, 0) is 6.92 Å². The van der Waals surface area contributed by atoms with E-state index < -0.39 is 11.4 Å². The largest absolute Gasteiger partial charge is 0.598 e. The predicted molar refractivity (Wildman–Crippen MR) is 53.9 cm³/mol. The van der Waals surface area contributed by atoms with Crippen molar-refractivity contribution in [1.29, 1.82) is 0 Å². The topological polar surface area (TPSA) is 47.6 Å². The van der Waals surface area contributed by atoms with Crippen molar-refractivity contribution in [2.75, 3.05) is 45.1 Å². The molecule has 13 heavy (non-hydrogen) atoms. The first-order valence-electron chi connectivity index (χ1n) is 4.75. The molecule has 0 saturated carbocycles. The maximum atomic E-state index is 11.2. The Labute approximate surface area is 82.9 Å². The maximum Gasteiger partial charge on any atom is 0.138 e. The Balaban J connectivity index is 2.03. The smallest absolute Gasteiger partial charge is 0.138 e. The van der Waals surface area contributed by atoms with Crippen molar-refractivity contribution in [2.45, 2.75) is 6.92 Å². The quantitative estimate of drug-likeness (QED) is 0.621. The van der Waals surface area contributed by atoms with Crippen LogP contribution in [-0.2, 0) is 16.1 Å². The second-order valence-corrected chi connectivity index (χ2v) is 4.39. The molecule has 0 bridgehead atoms. The zero-order chi connectivity index (χ0) is 9.52. The lowest BCUT2D eigenvalue weighted by atomic mass is 10.4. The van der Waals surface area contributed by atoms with Crippen molar-refractivity contribution in [1.82, 2.24) is 9.62 Å². The van der Waals surface area contributed by atoms with E-state index in [0.717, 1.165) is 39.4 Å². The van der Waals surface area contributed by atoms with E-state index in [9.17, 15) is 4.55 Å². The first-order chi connectivity index (χ1) is 6.33. The van der Waals surface area contributed by atoms with E-state index in [2.05, 4.69) is 9.62 Å². The molecule has 1 N–H and O–H groups in total. The fraction of sp³-hybridized carbons (Fsp3) is 1.00. The third-order valence-electron chi connectivity index (χ3n) is 2.00. The molecule has 0 amide bonds. The summed E-state index contributed by atoms with van der Waals surface area (Å²) < 4.78 is 19.3. The minimum Gasteiger partial charge on any atom is -0.598 e. The van der Waals surface area contributed by atoms with Crippen molar-refractivity contribution in [3.63, 3.8) is 0 Å². The van der Waals surface area contributed by atoms with Crippen LogP contribution in [0.25, 0.3) is 0 Å². The number of hydrogen-bond acceptors (Lipinski definition) is 4. The summed E-state index contributed by atoms with van der Waals surface area (Å²) in [7, 11) is 0. The third kappa shape index (κ3) is 4.83. The molecular weight excluding hydrogens is 188 g/mol. The molecule has 0 aliphatic carbocycles. The second kappa shape index (κ2) is 6.62. The van der Waals surface area contributed by atoms with Gasteiger partial charge in [0.15, 0.2) is 0 Å². The lowest BCUT2D eigenvalue weighted by Gasteiger charge is -2.26. The summed E-state index contributed by atoms with van der Waals surface area (Å²) in [6.45, 7) is 7.22. The molecule has 1 aliphatic rings. The van der Waals surface area contributed by atoms with Crippen LogP contribution in [0.1, 0.15) is 6.92 Å². The Morgan fingerprint density at radius 1 is 1.46 bits per heavy atom. The molecule has 4 nitrogen and oxygen atoms in total. The monoisotopic (exact) mass is 206 g/mol. The van der Waals surface area contributed by atoms with Gasteiger partial charge in [0.2, 0.25) is 0 Å². The standard InChI is InChI=1S/C8H18N2O2S/c1-2-9-13(11)8-5-10-3-6-12-7-4-10/h9H,2-8H2,1H3. The average molecular weight is 206 g/mol. The highest BCUT2D eigenvalue weighted by atomic mass is 32.2. The zero-order valence-corrected chi connectivity index (χ0v) is 8.94. The fourth-order valence-corrected chi connectivity index (χ4v) is 2.16. The van der Waals surface area contributed by atoms with Gasteiger partial charge in [0, 0.05) is 37.5 Å². The summed E-state index contributed by atoms with van der Waals surface area (Å²) in [4.78, 5) is 2.29. The highest BCUT2D eigenvalue weighted by Gasteiger charge is 2.13. The number of nitrogens with one attached hydrogen (secondary N) is 1. The van der Waals surface area contributed by atoms with Crippen molar-refractivity contribution in [2.24, 2.45) is 0 Å². The predicted octanol–water partition coefficient (Wildman–Crippen LogP) is -0.408. The molecule has 5 heteroatoms. The molecule has 0 aromatic carbocycles. The van der Waals surface area contributed by atoms with Gasteiger partial charge in [0.1, 0.15) is 5.75 Å². The van der Waals surface area contributed by atoms with Gasteiger partial charge in [0.05, 0.1) is 13.2 Å². The van der Waals surface area contributed by atoms with Gasteiger partial charge >= 0.3 is 0 Å². The van der Waals surface area contributed by atoms with Crippen LogP contribution in [0.4, 0.5) is 0 Å². The first kappa shape index (κ1) is 11.3. The van der Waals surface area contributed by atoms with Crippen LogP contribution in [0.15, 0.2) is 0 Å². The minimum absolute atomic E-state index is 0.716. The van der Waals surface area contributed by atoms with Crippen molar-refractivity contribution in [3.8, 4) is 0 Å². The normalized spacial score (nSPS) is 21.7. The SMILES string of the molecule is CCN[S+]([O-])CCN1CCOCC1. The highest BCUT2D eigenvalue weighted by molar-refractivity contribution is 7.89. The summed E-state index contributed by atoms with van der Waals surface area (Å²) in [5.74, 6) is 0.716.